The first kappa shape index (κ1) is 25.5. The van der Waals surface area contributed by atoms with Crippen molar-refractivity contribution in [3.8, 4) is 11.5 Å². The van der Waals surface area contributed by atoms with Gasteiger partial charge in [-0.05, 0) is 70.4 Å². The summed E-state index contributed by atoms with van der Waals surface area (Å²) in [6.07, 6.45) is 1.11. The van der Waals surface area contributed by atoms with Crippen LogP contribution in [0.4, 0.5) is 5.69 Å². The largest absolute Gasteiger partial charge is 0.493 e. The average molecular weight is 589 g/mol. The Balaban J connectivity index is 1.55. The minimum atomic E-state index is -0.527. The van der Waals surface area contributed by atoms with Crippen LogP contribution < -0.4 is 20.2 Å². The van der Waals surface area contributed by atoms with E-state index < -0.39 is 11.8 Å². The number of benzene rings is 3. The fourth-order valence-corrected chi connectivity index (χ4v) is 3.74. The van der Waals surface area contributed by atoms with Crippen LogP contribution in [-0.2, 0) is 16.2 Å². The van der Waals surface area contributed by atoms with E-state index in [0.29, 0.717) is 33.8 Å². The van der Waals surface area contributed by atoms with Crippen LogP contribution in [0.2, 0.25) is 0 Å². The van der Waals surface area contributed by atoms with Gasteiger partial charge in [0.25, 0.3) is 0 Å². The lowest BCUT2D eigenvalue weighted by Crippen LogP contribution is -2.24. The molecule has 0 aromatic heterocycles. The van der Waals surface area contributed by atoms with Crippen molar-refractivity contribution in [1.82, 2.24) is 5.43 Å². The molecule has 0 aliphatic carbocycles. The number of ether oxygens (including phenoxy) is 2. The Hall–Kier alpha value is -3.17. The molecule has 0 unspecified atom stereocenters. The fraction of sp³-hybridized carbons (Fsp3) is 0.160. The number of carbonyl (C=O) groups excluding carboxylic acids is 2. The molecule has 7 nitrogen and oxygen atoms in total. The molecule has 0 radical (unpaired) electrons. The zero-order valence-corrected chi connectivity index (χ0v) is 21.8. The van der Waals surface area contributed by atoms with Crippen molar-refractivity contribution in [2.45, 2.75) is 20.0 Å². The summed E-state index contributed by atoms with van der Waals surface area (Å²) in [7, 11) is 1.55. The van der Waals surface area contributed by atoms with Crippen LogP contribution in [-0.4, -0.2) is 25.1 Å². The first-order chi connectivity index (χ1) is 16.3. The minimum Gasteiger partial charge on any atom is -0.493 e. The fourth-order valence-electron chi connectivity index (χ4n) is 2.90. The zero-order chi connectivity index (χ0) is 24.5. The Morgan fingerprint density at radius 1 is 1.00 bits per heavy atom. The number of hydrogen-bond acceptors (Lipinski definition) is 5. The molecule has 3 aromatic carbocycles. The van der Waals surface area contributed by atoms with Crippen LogP contribution in [0.15, 0.2) is 74.7 Å². The lowest BCUT2D eigenvalue weighted by atomic mass is 10.2. The Morgan fingerprint density at radius 3 is 2.38 bits per heavy atom. The van der Waals surface area contributed by atoms with Gasteiger partial charge in [0.05, 0.1) is 17.8 Å². The number of nitrogens with one attached hydrogen (secondary N) is 2. The van der Waals surface area contributed by atoms with Gasteiger partial charge >= 0.3 is 0 Å². The van der Waals surface area contributed by atoms with Crippen LogP contribution in [0.1, 0.15) is 23.1 Å². The molecule has 0 fully saturated rings. The van der Waals surface area contributed by atoms with Gasteiger partial charge in [0, 0.05) is 10.2 Å². The van der Waals surface area contributed by atoms with Crippen molar-refractivity contribution >= 4 is 55.6 Å². The van der Waals surface area contributed by atoms with E-state index in [-0.39, 0.29) is 6.42 Å². The van der Waals surface area contributed by atoms with Crippen LogP contribution in [0.3, 0.4) is 0 Å². The van der Waals surface area contributed by atoms with Crippen LogP contribution in [0.5, 0.6) is 11.5 Å². The quantitative estimate of drug-likeness (QED) is 0.194. The molecule has 0 heterocycles. The van der Waals surface area contributed by atoms with E-state index in [2.05, 4.69) is 47.7 Å². The third-order valence-electron chi connectivity index (χ3n) is 4.61. The van der Waals surface area contributed by atoms with E-state index in [1.807, 2.05) is 43.3 Å². The number of methoxy groups -OCH3 is 1. The van der Waals surface area contributed by atoms with Crippen molar-refractivity contribution in [2.24, 2.45) is 5.10 Å². The van der Waals surface area contributed by atoms with Crippen LogP contribution in [0.25, 0.3) is 0 Å². The van der Waals surface area contributed by atoms with Gasteiger partial charge in [-0.1, -0.05) is 45.8 Å². The first-order valence-corrected chi connectivity index (χ1v) is 11.9. The minimum absolute atomic E-state index is 0.346. The number of rotatable bonds is 9. The second kappa shape index (κ2) is 12.3. The summed E-state index contributed by atoms with van der Waals surface area (Å²) in [5, 5.41) is 6.61. The van der Waals surface area contributed by atoms with Gasteiger partial charge in [-0.3, -0.25) is 9.59 Å². The highest BCUT2D eigenvalue weighted by Crippen LogP contribution is 2.36. The third-order valence-corrected chi connectivity index (χ3v) is 5.73. The monoisotopic (exact) mass is 587 g/mol. The molecule has 0 bridgehead atoms. The van der Waals surface area contributed by atoms with Crippen molar-refractivity contribution in [3.63, 3.8) is 0 Å². The molecular weight excluding hydrogens is 566 g/mol. The molecule has 34 heavy (non-hydrogen) atoms. The van der Waals surface area contributed by atoms with Crippen molar-refractivity contribution < 1.29 is 19.1 Å². The van der Waals surface area contributed by atoms with Crippen molar-refractivity contribution in [2.75, 3.05) is 12.4 Å². The number of nitrogens with zero attached hydrogens (tertiary/aromatic N) is 1. The third kappa shape index (κ3) is 7.71. The van der Waals surface area contributed by atoms with Crippen LogP contribution >= 0.6 is 31.9 Å². The molecule has 0 aliphatic heterocycles. The van der Waals surface area contributed by atoms with E-state index in [9.17, 15) is 9.59 Å². The predicted molar refractivity (Wildman–Crippen MR) is 139 cm³/mol. The Kier molecular flexibility index (Phi) is 9.24. The smallest absolute Gasteiger partial charge is 0.249 e. The highest BCUT2D eigenvalue weighted by Gasteiger charge is 2.12. The number of aryl methyl sites for hydroxylation is 1. The molecular formula is C25H23Br2N3O4. The lowest BCUT2D eigenvalue weighted by molar-refractivity contribution is -0.126. The maximum absolute atomic E-state index is 12.0. The summed E-state index contributed by atoms with van der Waals surface area (Å²) < 4.78 is 13.1. The van der Waals surface area contributed by atoms with Gasteiger partial charge in [-0.15, -0.1) is 0 Å². The number of hydrazone groups is 1. The predicted octanol–water partition coefficient (Wildman–Crippen LogP) is 5.59. The van der Waals surface area contributed by atoms with Crippen molar-refractivity contribution in [3.05, 3.63) is 86.3 Å². The molecule has 0 atom stereocenters. The first-order valence-electron chi connectivity index (χ1n) is 10.3. The highest BCUT2D eigenvalue weighted by atomic mass is 79.9. The molecule has 3 rings (SSSR count). The highest BCUT2D eigenvalue weighted by molar-refractivity contribution is 9.10. The molecule has 176 valence electrons. The Bertz CT molecular complexity index is 1180. The van der Waals surface area contributed by atoms with Crippen LogP contribution in [0, 0.1) is 6.92 Å². The van der Waals surface area contributed by atoms with Gasteiger partial charge in [0.2, 0.25) is 11.8 Å². The van der Waals surface area contributed by atoms with Gasteiger partial charge in [-0.25, -0.2) is 5.43 Å². The standard InChI is InChI=1S/C25H23Br2N3O4/c1-16-3-9-20(10-4-16)29-23(31)13-24(32)30-28-14-18-11-21(27)25(22(12-18)33-2)34-15-17-5-7-19(26)8-6-17/h3-12,14H,13,15H2,1-2H3,(H,29,31)(H,30,32). The van der Waals surface area contributed by atoms with E-state index in [0.717, 1.165) is 15.6 Å². The number of halogens is 2. The second-order valence-electron chi connectivity index (χ2n) is 7.33. The Morgan fingerprint density at radius 2 is 1.71 bits per heavy atom. The molecule has 0 spiro atoms. The van der Waals surface area contributed by atoms with E-state index in [1.165, 1.54) is 6.21 Å². The maximum atomic E-state index is 12.0. The summed E-state index contributed by atoms with van der Waals surface area (Å²) in [4.78, 5) is 24.1. The SMILES string of the molecule is COc1cc(C=NNC(=O)CC(=O)Nc2ccc(C)cc2)cc(Br)c1OCc1ccc(Br)cc1. The van der Waals surface area contributed by atoms with E-state index in [1.54, 1.807) is 31.4 Å². The normalized spacial score (nSPS) is 10.7. The lowest BCUT2D eigenvalue weighted by Gasteiger charge is -2.13. The molecule has 0 saturated heterocycles. The Labute approximate surface area is 214 Å². The zero-order valence-electron chi connectivity index (χ0n) is 18.6. The summed E-state index contributed by atoms with van der Waals surface area (Å²) >= 11 is 6.91. The number of anilines is 1. The molecule has 2 amide bonds. The molecule has 0 aliphatic rings. The number of amides is 2. The summed E-state index contributed by atoms with van der Waals surface area (Å²) in [6.45, 7) is 2.33. The maximum Gasteiger partial charge on any atom is 0.249 e. The second-order valence-corrected chi connectivity index (χ2v) is 9.10. The molecule has 9 heteroatoms. The number of carbonyl (C=O) groups is 2. The van der Waals surface area contributed by atoms with Gasteiger partial charge in [0.15, 0.2) is 11.5 Å². The topological polar surface area (TPSA) is 89.0 Å². The molecule has 0 saturated carbocycles. The summed E-state index contributed by atoms with van der Waals surface area (Å²) in [6, 6.07) is 18.7. The van der Waals surface area contributed by atoms with E-state index in [4.69, 9.17) is 9.47 Å². The molecule has 3 aromatic rings. The van der Waals surface area contributed by atoms with E-state index >= 15 is 0 Å². The van der Waals surface area contributed by atoms with Gasteiger partial charge in [0.1, 0.15) is 13.0 Å². The van der Waals surface area contributed by atoms with Gasteiger partial charge < -0.3 is 14.8 Å². The van der Waals surface area contributed by atoms with Crippen molar-refractivity contribution in [1.29, 1.82) is 0 Å². The summed E-state index contributed by atoms with van der Waals surface area (Å²) in [5.74, 6) is 0.116. The van der Waals surface area contributed by atoms with Gasteiger partial charge in [-0.2, -0.15) is 5.10 Å². The number of hydrogen-bond donors (Lipinski definition) is 2. The average Bonchev–Trinajstić information content (AvgIpc) is 2.80. The molecule has 2 N–H and O–H groups in total. The summed E-state index contributed by atoms with van der Waals surface area (Å²) in [5.41, 5.74) is 5.75.